The van der Waals surface area contributed by atoms with E-state index in [1.807, 2.05) is 37.3 Å². The number of nitrogens with two attached hydrogens (primary N) is 1. The van der Waals surface area contributed by atoms with Crippen LogP contribution in [0.1, 0.15) is 12.6 Å². The summed E-state index contributed by atoms with van der Waals surface area (Å²) in [6, 6.07) is 9.85. The van der Waals surface area contributed by atoms with Gasteiger partial charge >= 0.3 is 0 Å². The Hall–Kier alpha value is -1.66. The normalized spacial score (nSPS) is 21.6. The number of fused-ring (bicyclic) bond motifs is 1. The molecule has 3 rings (SSSR count). The molecule has 0 radical (unpaired) electrons. The molecule has 0 amide bonds. The van der Waals surface area contributed by atoms with Crippen molar-refractivity contribution in [2.75, 3.05) is 23.0 Å². The Morgan fingerprint density at radius 1 is 1.38 bits per heavy atom. The lowest BCUT2D eigenvalue weighted by molar-refractivity contribution is 0.568. The molecule has 1 aliphatic heterocycles. The molecule has 1 saturated heterocycles. The molecule has 0 spiro atoms. The van der Waals surface area contributed by atoms with Gasteiger partial charge in [-0.1, -0.05) is 18.2 Å². The van der Waals surface area contributed by atoms with E-state index in [-0.39, 0.29) is 17.5 Å². The zero-order valence-electron chi connectivity index (χ0n) is 12.0. The van der Waals surface area contributed by atoms with Crippen molar-refractivity contribution in [3.63, 3.8) is 0 Å². The number of nitrogens with zero attached hydrogens (tertiary/aromatic N) is 2. The van der Waals surface area contributed by atoms with Crippen LogP contribution in [0.2, 0.25) is 0 Å². The molecule has 1 aromatic carbocycles. The van der Waals surface area contributed by atoms with Crippen LogP contribution in [-0.2, 0) is 16.4 Å². The van der Waals surface area contributed by atoms with Crippen molar-refractivity contribution in [1.29, 1.82) is 0 Å². The number of hydrogen-bond acceptors (Lipinski definition) is 5. The van der Waals surface area contributed by atoms with Crippen LogP contribution in [0.3, 0.4) is 0 Å². The molecule has 1 unspecified atom stereocenters. The average molecular weight is 305 g/mol. The molecular formula is C15H19N3O2S. The minimum atomic E-state index is -2.92. The van der Waals surface area contributed by atoms with Gasteiger partial charge < -0.3 is 10.6 Å². The zero-order valence-corrected chi connectivity index (χ0v) is 12.8. The largest absolute Gasteiger partial charge is 0.366 e. The predicted octanol–water partition coefficient (Wildman–Crippen LogP) is 1.32. The number of hydrogen-bond donors (Lipinski definition) is 1. The lowest BCUT2D eigenvalue weighted by Crippen LogP contribution is -2.47. The van der Waals surface area contributed by atoms with E-state index >= 15 is 0 Å². The molecule has 5 nitrogen and oxygen atoms in total. The number of para-hydroxylation sites is 1. The maximum atomic E-state index is 11.8. The van der Waals surface area contributed by atoms with Crippen LogP contribution in [0.25, 0.3) is 10.9 Å². The fourth-order valence-electron chi connectivity index (χ4n) is 2.91. The topological polar surface area (TPSA) is 76.3 Å². The molecule has 21 heavy (non-hydrogen) atoms. The van der Waals surface area contributed by atoms with Gasteiger partial charge in [0.05, 0.1) is 22.7 Å². The highest BCUT2D eigenvalue weighted by atomic mass is 32.2. The molecule has 2 heterocycles. The van der Waals surface area contributed by atoms with Gasteiger partial charge in [-0.2, -0.15) is 0 Å². The highest BCUT2D eigenvalue weighted by molar-refractivity contribution is 7.91. The lowest BCUT2D eigenvalue weighted by Gasteiger charge is -2.36. The van der Waals surface area contributed by atoms with Crippen molar-refractivity contribution in [2.24, 2.45) is 5.73 Å². The first-order chi connectivity index (χ1) is 10.00. The minimum Gasteiger partial charge on any atom is -0.366 e. The molecule has 1 aliphatic rings. The first-order valence-corrected chi connectivity index (χ1v) is 8.88. The summed E-state index contributed by atoms with van der Waals surface area (Å²) in [7, 11) is -2.92. The van der Waals surface area contributed by atoms with Crippen LogP contribution in [0.4, 0.5) is 5.69 Å². The number of aromatic nitrogens is 1. The molecule has 0 saturated carbocycles. The highest BCUT2D eigenvalue weighted by Gasteiger charge is 2.29. The van der Waals surface area contributed by atoms with Gasteiger partial charge in [-0.15, -0.1) is 0 Å². The number of sulfone groups is 1. The Morgan fingerprint density at radius 2 is 2.14 bits per heavy atom. The van der Waals surface area contributed by atoms with Crippen molar-refractivity contribution in [2.45, 2.75) is 19.5 Å². The SMILES string of the molecule is CC1CS(=O)(=O)CCN1c1cc(CN)nc2ccccc12. The molecule has 2 N–H and O–H groups in total. The van der Waals surface area contributed by atoms with E-state index in [1.54, 1.807) is 0 Å². The second-order valence-electron chi connectivity index (χ2n) is 5.51. The van der Waals surface area contributed by atoms with Crippen molar-refractivity contribution in [1.82, 2.24) is 4.98 Å². The molecule has 112 valence electrons. The maximum Gasteiger partial charge on any atom is 0.154 e. The quantitative estimate of drug-likeness (QED) is 0.905. The summed E-state index contributed by atoms with van der Waals surface area (Å²) in [5, 5.41) is 1.04. The van der Waals surface area contributed by atoms with E-state index in [1.165, 1.54) is 0 Å². The van der Waals surface area contributed by atoms with Crippen LogP contribution in [0.15, 0.2) is 30.3 Å². The number of pyridine rings is 1. The Kier molecular flexibility index (Phi) is 3.59. The standard InChI is InChI=1S/C15H19N3O2S/c1-11-10-21(19,20)7-6-18(11)15-8-12(9-16)17-14-5-3-2-4-13(14)15/h2-5,8,11H,6-7,9-10,16H2,1H3. The lowest BCUT2D eigenvalue weighted by atomic mass is 10.1. The summed E-state index contributed by atoms with van der Waals surface area (Å²) in [6.07, 6.45) is 0. The van der Waals surface area contributed by atoms with E-state index < -0.39 is 9.84 Å². The molecule has 1 fully saturated rings. The second kappa shape index (κ2) is 5.27. The third-order valence-corrected chi connectivity index (χ3v) is 5.73. The fraction of sp³-hybridized carbons (Fsp3) is 0.400. The van der Waals surface area contributed by atoms with Crippen molar-refractivity contribution < 1.29 is 8.42 Å². The smallest absolute Gasteiger partial charge is 0.154 e. The van der Waals surface area contributed by atoms with E-state index in [9.17, 15) is 8.42 Å². The van der Waals surface area contributed by atoms with Gasteiger partial charge in [0.1, 0.15) is 0 Å². The van der Waals surface area contributed by atoms with Gasteiger partial charge in [0, 0.05) is 30.2 Å². The van der Waals surface area contributed by atoms with Crippen LogP contribution in [0, 0.1) is 0 Å². The minimum absolute atomic E-state index is 0.0415. The highest BCUT2D eigenvalue weighted by Crippen LogP contribution is 2.30. The maximum absolute atomic E-state index is 11.8. The summed E-state index contributed by atoms with van der Waals surface area (Å²) in [6.45, 7) is 2.84. The van der Waals surface area contributed by atoms with E-state index in [2.05, 4.69) is 9.88 Å². The number of benzene rings is 1. The summed E-state index contributed by atoms with van der Waals surface area (Å²) in [5.41, 5.74) is 8.49. The Labute approximate surface area is 124 Å². The molecular weight excluding hydrogens is 286 g/mol. The van der Waals surface area contributed by atoms with Gasteiger partial charge in [-0.3, -0.25) is 4.98 Å². The first-order valence-electron chi connectivity index (χ1n) is 7.06. The van der Waals surface area contributed by atoms with Gasteiger partial charge in [0.2, 0.25) is 0 Å². The predicted molar refractivity (Wildman–Crippen MR) is 85.1 cm³/mol. The van der Waals surface area contributed by atoms with E-state index in [4.69, 9.17) is 5.73 Å². The Morgan fingerprint density at radius 3 is 2.86 bits per heavy atom. The van der Waals surface area contributed by atoms with Gasteiger partial charge in [0.25, 0.3) is 0 Å². The van der Waals surface area contributed by atoms with Crippen molar-refractivity contribution in [3.05, 3.63) is 36.0 Å². The summed E-state index contributed by atoms with van der Waals surface area (Å²) >= 11 is 0. The van der Waals surface area contributed by atoms with Crippen molar-refractivity contribution in [3.8, 4) is 0 Å². The van der Waals surface area contributed by atoms with Gasteiger partial charge in [-0.25, -0.2) is 8.42 Å². The fourth-order valence-corrected chi connectivity index (χ4v) is 4.47. The van der Waals surface area contributed by atoms with Crippen molar-refractivity contribution >= 4 is 26.4 Å². The molecule has 1 aromatic heterocycles. The third kappa shape index (κ3) is 2.73. The van der Waals surface area contributed by atoms with Crippen LogP contribution in [-0.4, -0.2) is 37.5 Å². The summed E-state index contributed by atoms with van der Waals surface area (Å²) < 4.78 is 23.5. The molecule has 0 bridgehead atoms. The second-order valence-corrected chi connectivity index (χ2v) is 7.74. The third-order valence-electron chi connectivity index (χ3n) is 3.94. The average Bonchev–Trinajstić information content (AvgIpc) is 2.45. The molecule has 0 aliphatic carbocycles. The first kappa shape index (κ1) is 14.3. The van der Waals surface area contributed by atoms with Gasteiger partial charge in [-0.05, 0) is 19.1 Å². The summed E-state index contributed by atoms with van der Waals surface area (Å²) in [4.78, 5) is 6.69. The van der Waals surface area contributed by atoms with Gasteiger partial charge in [0.15, 0.2) is 9.84 Å². The molecule has 2 aromatic rings. The molecule has 6 heteroatoms. The Bertz CT molecular complexity index is 774. The van der Waals surface area contributed by atoms with Crippen LogP contribution in [0.5, 0.6) is 0 Å². The van der Waals surface area contributed by atoms with Crippen LogP contribution < -0.4 is 10.6 Å². The zero-order chi connectivity index (χ0) is 15.0. The monoisotopic (exact) mass is 305 g/mol. The Balaban J connectivity index is 2.11. The van der Waals surface area contributed by atoms with E-state index in [0.29, 0.717) is 13.1 Å². The van der Waals surface area contributed by atoms with Crippen LogP contribution >= 0.6 is 0 Å². The number of anilines is 1. The number of rotatable bonds is 2. The van der Waals surface area contributed by atoms with E-state index in [0.717, 1.165) is 22.3 Å². The summed E-state index contributed by atoms with van der Waals surface area (Å²) in [5.74, 6) is 0.396. The molecule has 1 atom stereocenters.